The van der Waals surface area contributed by atoms with Gasteiger partial charge < -0.3 is 15.5 Å². The van der Waals surface area contributed by atoms with Crippen molar-refractivity contribution >= 4 is 11.9 Å². The van der Waals surface area contributed by atoms with Gasteiger partial charge >= 0.3 is 5.97 Å². The normalized spacial score (nSPS) is 25.2. The number of amides is 1. The molecule has 14 heavy (non-hydrogen) atoms. The topological polar surface area (TPSA) is 86.6 Å². The third-order valence-corrected chi connectivity index (χ3v) is 2.36. The van der Waals surface area contributed by atoms with E-state index in [4.69, 9.17) is 10.2 Å². The number of nitrogens with one attached hydrogen (secondary N) is 1. The van der Waals surface area contributed by atoms with Crippen molar-refractivity contribution in [2.24, 2.45) is 5.92 Å². The largest absolute Gasteiger partial charge is 0.481 e. The highest BCUT2D eigenvalue weighted by atomic mass is 16.4. The van der Waals surface area contributed by atoms with Crippen LogP contribution in [0.4, 0.5) is 0 Å². The second kappa shape index (κ2) is 4.95. The number of aliphatic carboxylic acids is 1. The van der Waals surface area contributed by atoms with Gasteiger partial charge in [-0.1, -0.05) is 0 Å². The molecule has 1 amide bonds. The number of carboxylic acids is 1. The van der Waals surface area contributed by atoms with E-state index in [2.05, 4.69) is 5.32 Å². The minimum absolute atomic E-state index is 0.0323. The van der Waals surface area contributed by atoms with Crippen LogP contribution in [0.15, 0.2) is 0 Å². The fraction of sp³-hybridized carbons (Fsp3) is 0.778. The lowest BCUT2D eigenvalue weighted by molar-refractivity contribution is -0.138. The summed E-state index contributed by atoms with van der Waals surface area (Å²) in [6.07, 6.45) is 1.17. The third kappa shape index (κ3) is 3.74. The van der Waals surface area contributed by atoms with Gasteiger partial charge in [-0.25, -0.2) is 0 Å². The highest BCUT2D eigenvalue weighted by molar-refractivity contribution is 5.80. The van der Waals surface area contributed by atoms with E-state index >= 15 is 0 Å². The number of carbonyl (C=O) groups excluding carboxylic acids is 1. The quantitative estimate of drug-likeness (QED) is 0.572. The Balaban J connectivity index is 2.01. The van der Waals surface area contributed by atoms with Gasteiger partial charge in [0.15, 0.2) is 0 Å². The molecule has 1 rings (SSSR count). The zero-order chi connectivity index (χ0) is 10.6. The highest BCUT2D eigenvalue weighted by Crippen LogP contribution is 2.25. The SMILES string of the molecule is O=C(O)CCC(=O)NCC1CC(O)C1. The Labute approximate surface area is 82.1 Å². The molecule has 0 aromatic carbocycles. The molecule has 0 unspecified atom stereocenters. The van der Waals surface area contributed by atoms with E-state index in [0.717, 1.165) is 12.8 Å². The van der Waals surface area contributed by atoms with Crippen LogP contribution in [0.2, 0.25) is 0 Å². The number of aliphatic hydroxyl groups excluding tert-OH is 1. The number of rotatable bonds is 5. The van der Waals surface area contributed by atoms with Crippen LogP contribution in [0, 0.1) is 5.92 Å². The van der Waals surface area contributed by atoms with Crippen molar-refractivity contribution in [3.05, 3.63) is 0 Å². The van der Waals surface area contributed by atoms with Crippen molar-refractivity contribution in [2.45, 2.75) is 31.8 Å². The number of hydrogen-bond donors (Lipinski definition) is 3. The maximum Gasteiger partial charge on any atom is 0.303 e. The Morgan fingerprint density at radius 2 is 1.93 bits per heavy atom. The minimum atomic E-state index is -0.959. The first-order chi connectivity index (χ1) is 6.58. The van der Waals surface area contributed by atoms with Crippen molar-refractivity contribution in [2.75, 3.05) is 6.54 Å². The van der Waals surface area contributed by atoms with Crippen LogP contribution in [-0.2, 0) is 9.59 Å². The molecule has 5 heteroatoms. The minimum Gasteiger partial charge on any atom is -0.481 e. The summed E-state index contributed by atoms with van der Waals surface area (Å²) in [4.78, 5) is 21.2. The van der Waals surface area contributed by atoms with Crippen molar-refractivity contribution in [1.29, 1.82) is 0 Å². The summed E-state index contributed by atoms with van der Waals surface area (Å²) >= 11 is 0. The van der Waals surface area contributed by atoms with Crippen molar-refractivity contribution < 1.29 is 19.8 Å². The summed E-state index contributed by atoms with van der Waals surface area (Å²) in [7, 11) is 0. The zero-order valence-electron chi connectivity index (χ0n) is 7.90. The summed E-state index contributed by atoms with van der Waals surface area (Å²) in [5.41, 5.74) is 0. The number of aliphatic hydroxyl groups is 1. The van der Waals surface area contributed by atoms with Gasteiger partial charge in [-0.3, -0.25) is 9.59 Å². The van der Waals surface area contributed by atoms with Crippen molar-refractivity contribution in [3.8, 4) is 0 Å². The monoisotopic (exact) mass is 201 g/mol. The first-order valence-corrected chi connectivity index (χ1v) is 4.74. The van der Waals surface area contributed by atoms with Crippen LogP contribution in [-0.4, -0.2) is 34.7 Å². The summed E-state index contributed by atoms with van der Waals surface area (Å²) in [5, 5.41) is 19.9. The summed E-state index contributed by atoms with van der Waals surface area (Å²) in [6, 6.07) is 0. The molecule has 1 aliphatic carbocycles. The second-order valence-electron chi connectivity index (χ2n) is 3.69. The second-order valence-corrected chi connectivity index (χ2v) is 3.69. The number of carboxylic acid groups (broad SMARTS) is 1. The van der Waals surface area contributed by atoms with Crippen LogP contribution in [0.1, 0.15) is 25.7 Å². The van der Waals surface area contributed by atoms with Gasteiger partial charge in [0.1, 0.15) is 0 Å². The van der Waals surface area contributed by atoms with Gasteiger partial charge in [0.25, 0.3) is 0 Å². The number of carbonyl (C=O) groups is 2. The summed E-state index contributed by atoms with van der Waals surface area (Å²) < 4.78 is 0. The predicted octanol–water partition coefficient (Wildman–Crippen LogP) is -0.262. The molecule has 80 valence electrons. The molecule has 0 spiro atoms. The van der Waals surface area contributed by atoms with Crippen LogP contribution < -0.4 is 5.32 Å². The predicted molar refractivity (Wildman–Crippen MR) is 48.6 cm³/mol. The molecule has 0 atom stereocenters. The summed E-state index contributed by atoms with van der Waals surface area (Å²) in [5.74, 6) is -0.827. The molecule has 0 radical (unpaired) electrons. The van der Waals surface area contributed by atoms with Gasteiger partial charge in [0.05, 0.1) is 12.5 Å². The highest BCUT2D eigenvalue weighted by Gasteiger charge is 2.26. The van der Waals surface area contributed by atoms with E-state index in [-0.39, 0.29) is 24.9 Å². The molecule has 3 N–H and O–H groups in total. The third-order valence-electron chi connectivity index (χ3n) is 2.36. The maximum atomic E-state index is 11.0. The van der Waals surface area contributed by atoms with E-state index in [9.17, 15) is 9.59 Å². The van der Waals surface area contributed by atoms with Crippen molar-refractivity contribution in [3.63, 3.8) is 0 Å². The average Bonchev–Trinajstić information content (AvgIpc) is 2.07. The van der Waals surface area contributed by atoms with Crippen LogP contribution in [0.25, 0.3) is 0 Å². The average molecular weight is 201 g/mol. The lowest BCUT2D eigenvalue weighted by atomic mass is 9.82. The summed E-state index contributed by atoms with van der Waals surface area (Å²) in [6.45, 7) is 0.551. The molecular formula is C9H15NO4. The van der Waals surface area contributed by atoms with E-state index in [0.29, 0.717) is 12.5 Å². The lowest BCUT2D eigenvalue weighted by Crippen LogP contribution is -2.38. The Bertz CT molecular complexity index is 223. The molecule has 0 aliphatic heterocycles. The van der Waals surface area contributed by atoms with Crippen LogP contribution in [0.3, 0.4) is 0 Å². The molecule has 0 heterocycles. The molecule has 0 aromatic rings. The van der Waals surface area contributed by atoms with E-state index < -0.39 is 5.97 Å². The fourth-order valence-electron chi connectivity index (χ4n) is 1.43. The van der Waals surface area contributed by atoms with E-state index in [1.165, 1.54) is 0 Å². The van der Waals surface area contributed by atoms with Gasteiger partial charge in [0, 0.05) is 13.0 Å². The standard InChI is InChI=1S/C9H15NO4/c11-7-3-6(4-7)5-10-8(12)1-2-9(13)14/h6-7,11H,1-5H2,(H,10,12)(H,13,14). The molecule has 1 saturated carbocycles. The Kier molecular flexibility index (Phi) is 3.88. The molecule has 0 saturated heterocycles. The van der Waals surface area contributed by atoms with E-state index in [1.807, 2.05) is 0 Å². The Morgan fingerprint density at radius 3 is 2.43 bits per heavy atom. The van der Waals surface area contributed by atoms with E-state index in [1.54, 1.807) is 0 Å². The van der Waals surface area contributed by atoms with Crippen molar-refractivity contribution in [1.82, 2.24) is 5.32 Å². The zero-order valence-corrected chi connectivity index (χ0v) is 7.90. The molecule has 1 aliphatic rings. The van der Waals surface area contributed by atoms with Gasteiger partial charge in [-0.2, -0.15) is 0 Å². The smallest absolute Gasteiger partial charge is 0.303 e. The number of hydrogen-bond acceptors (Lipinski definition) is 3. The molecule has 1 fully saturated rings. The first kappa shape index (κ1) is 11.0. The van der Waals surface area contributed by atoms with Gasteiger partial charge in [-0.15, -0.1) is 0 Å². The Hall–Kier alpha value is -1.10. The lowest BCUT2D eigenvalue weighted by Gasteiger charge is -2.31. The molecular weight excluding hydrogens is 186 g/mol. The molecule has 0 bridgehead atoms. The molecule has 5 nitrogen and oxygen atoms in total. The van der Waals surface area contributed by atoms with Crippen LogP contribution in [0.5, 0.6) is 0 Å². The van der Waals surface area contributed by atoms with Crippen LogP contribution >= 0.6 is 0 Å². The first-order valence-electron chi connectivity index (χ1n) is 4.74. The van der Waals surface area contributed by atoms with Gasteiger partial charge in [0.2, 0.25) is 5.91 Å². The maximum absolute atomic E-state index is 11.0. The fourth-order valence-corrected chi connectivity index (χ4v) is 1.43. The molecule has 0 aromatic heterocycles. The van der Waals surface area contributed by atoms with Gasteiger partial charge in [-0.05, 0) is 18.8 Å². The Morgan fingerprint density at radius 1 is 1.29 bits per heavy atom.